The number of carbonyl (C=O) groups is 1. The quantitative estimate of drug-likeness (QED) is 0.786. The lowest BCUT2D eigenvalue weighted by Crippen LogP contribution is -3.11. The molecule has 3 rings (SSSR count). The number of rotatable bonds is 4. The van der Waals surface area contributed by atoms with E-state index in [2.05, 4.69) is 22.5 Å². The van der Waals surface area contributed by atoms with Gasteiger partial charge in [-0.3, -0.25) is 9.80 Å². The van der Waals surface area contributed by atoms with Gasteiger partial charge in [-0.15, -0.1) is 0 Å². The number of nitrogens with one attached hydrogen (secondary N) is 2. The molecule has 0 aliphatic carbocycles. The average molecular weight is 392 g/mol. The van der Waals surface area contributed by atoms with Crippen LogP contribution < -0.4 is 10.2 Å². The number of hydrazone groups is 1. The Bertz CT molecular complexity index is 817. The summed E-state index contributed by atoms with van der Waals surface area (Å²) in [4.78, 5) is 13.9. The molecule has 0 spiro atoms. The van der Waals surface area contributed by atoms with E-state index in [0.29, 0.717) is 21.3 Å². The third kappa shape index (κ3) is 4.97. The maximum Gasteiger partial charge on any atom is 0.257 e. The summed E-state index contributed by atoms with van der Waals surface area (Å²) in [5.74, 6) is -0.275. The number of carbonyl (C=O) groups excluding carboxylic acids is 1. The van der Waals surface area contributed by atoms with Crippen LogP contribution in [0.1, 0.15) is 15.9 Å². The Balaban J connectivity index is 1.66. The van der Waals surface area contributed by atoms with Gasteiger partial charge < -0.3 is 10.2 Å². The van der Waals surface area contributed by atoms with Crippen LogP contribution in [-0.4, -0.2) is 50.4 Å². The van der Waals surface area contributed by atoms with Crippen LogP contribution in [-0.2, 0) is 0 Å². The van der Waals surface area contributed by atoms with Gasteiger partial charge in [0.2, 0.25) is 0 Å². The molecule has 2 aromatic carbocycles. The minimum absolute atomic E-state index is 0.275. The fourth-order valence-corrected chi connectivity index (χ4v) is 3.20. The van der Waals surface area contributed by atoms with Gasteiger partial charge in [0.15, 0.2) is 0 Å². The third-order valence-corrected chi connectivity index (χ3v) is 4.83. The van der Waals surface area contributed by atoms with Gasteiger partial charge in [-0.1, -0.05) is 35.3 Å². The van der Waals surface area contributed by atoms with Crippen LogP contribution in [0, 0.1) is 0 Å². The lowest BCUT2D eigenvalue weighted by atomic mass is 10.2. The number of hydrogen-bond acceptors (Lipinski definition) is 3. The molecule has 5 nitrogen and oxygen atoms in total. The minimum atomic E-state index is -0.275. The smallest absolute Gasteiger partial charge is 0.257 e. The van der Waals surface area contributed by atoms with Crippen molar-refractivity contribution in [1.29, 1.82) is 0 Å². The van der Waals surface area contributed by atoms with Gasteiger partial charge in [0.25, 0.3) is 5.91 Å². The van der Waals surface area contributed by atoms with Gasteiger partial charge in [-0.05, 0) is 35.9 Å². The van der Waals surface area contributed by atoms with Crippen molar-refractivity contribution in [2.75, 3.05) is 38.5 Å². The van der Waals surface area contributed by atoms with Crippen LogP contribution in [0.15, 0.2) is 47.6 Å². The second-order valence-electron chi connectivity index (χ2n) is 6.36. The number of anilines is 1. The van der Waals surface area contributed by atoms with E-state index < -0.39 is 0 Å². The molecule has 0 unspecified atom stereocenters. The zero-order valence-electron chi connectivity index (χ0n) is 14.5. The van der Waals surface area contributed by atoms with Crippen molar-refractivity contribution < 1.29 is 9.69 Å². The lowest BCUT2D eigenvalue weighted by molar-refractivity contribution is -0.884. The first kappa shape index (κ1) is 18.7. The molecular weight excluding hydrogens is 371 g/mol. The summed E-state index contributed by atoms with van der Waals surface area (Å²) in [6, 6.07) is 12.4. The zero-order valence-corrected chi connectivity index (χ0v) is 16.0. The average Bonchev–Trinajstić information content (AvgIpc) is 2.61. The fourth-order valence-electron chi connectivity index (χ4n) is 2.71. The van der Waals surface area contributed by atoms with Gasteiger partial charge in [0, 0.05) is 10.7 Å². The van der Waals surface area contributed by atoms with E-state index >= 15 is 0 Å². The zero-order chi connectivity index (χ0) is 18.5. The van der Waals surface area contributed by atoms with Gasteiger partial charge in [0.1, 0.15) is 0 Å². The van der Waals surface area contributed by atoms with Gasteiger partial charge in [-0.2, -0.15) is 5.10 Å². The normalized spacial score (nSPS) is 15.4. The second kappa shape index (κ2) is 8.54. The number of quaternary nitrogens is 1. The van der Waals surface area contributed by atoms with E-state index in [4.69, 9.17) is 23.2 Å². The Morgan fingerprint density at radius 3 is 2.69 bits per heavy atom. The minimum Gasteiger partial charge on any atom is -0.334 e. The van der Waals surface area contributed by atoms with Crippen LogP contribution in [0.5, 0.6) is 0 Å². The molecule has 1 fully saturated rings. The van der Waals surface area contributed by atoms with Crippen LogP contribution in [0.3, 0.4) is 0 Å². The Hall–Kier alpha value is -2.08. The summed E-state index contributed by atoms with van der Waals surface area (Å²) in [6.07, 6.45) is 1.82. The van der Waals surface area contributed by atoms with Crippen LogP contribution >= 0.6 is 23.2 Å². The summed E-state index contributed by atoms with van der Waals surface area (Å²) in [5, 5.41) is 10.3. The molecule has 0 saturated carbocycles. The molecule has 26 heavy (non-hydrogen) atoms. The topological polar surface area (TPSA) is 49.1 Å². The highest BCUT2D eigenvalue weighted by Gasteiger charge is 2.14. The molecule has 0 aromatic heterocycles. The molecule has 2 aromatic rings. The van der Waals surface area contributed by atoms with Crippen LogP contribution in [0.25, 0.3) is 0 Å². The standard InChI is InChI=1S/C19H20Cl2N4O/c1-24-7-9-25(10-8-24)22-13-14-3-2-4-16(11-14)23-19(26)17-6-5-15(20)12-18(17)21/h2-6,11-13H,7-10H2,1H3,(H,23,26)/p+1/b22-13-. The molecule has 1 saturated heterocycles. The first-order chi connectivity index (χ1) is 12.5. The number of hydrogen-bond donors (Lipinski definition) is 2. The van der Waals surface area contributed by atoms with Crippen molar-refractivity contribution in [3.8, 4) is 0 Å². The first-order valence-corrected chi connectivity index (χ1v) is 9.23. The predicted octanol–water partition coefficient (Wildman–Crippen LogP) is 2.41. The van der Waals surface area contributed by atoms with Crippen molar-refractivity contribution in [2.24, 2.45) is 5.10 Å². The van der Waals surface area contributed by atoms with E-state index in [1.807, 2.05) is 30.5 Å². The summed E-state index contributed by atoms with van der Waals surface area (Å²) in [6.45, 7) is 4.09. The lowest BCUT2D eigenvalue weighted by Gasteiger charge is -2.27. The van der Waals surface area contributed by atoms with E-state index in [9.17, 15) is 4.79 Å². The summed E-state index contributed by atoms with van der Waals surface area (Å²) < 4.78 is 0. The molecule has 1 aliphatic heterocycles. The summed E-state index contributed by atoms with van der Waals surface area (Å²) in [7, 11) is 2.19. The Morgan fingerprint density at radius 1 is 1.19 bits per heavy atom. The summed E-state index contributed by atoms with van der Waals surface area (Å²) >= 11 is 12.0. The molecule has 1 heterocycles. The maximum absolute atomic E-state index is 12.4. The van der Waals surface area contributed by atoms with Crippen LogP contribution in [0.4, 0.5) is 5.69 Å². The Morgan fingerprint density at radius 2 is 1.96 bits per heavy atom. The molecule has 2 N–H and O–H groups in total. The van der Waals surface area contributed by atoms with E-state index in [0.717, 1.165) is 31.7 Å². The Kier molecular flexibility index (Phi) is 6.14. The van der Waals surface area contributed by atoms with Crippen molar-refractivity contribution in [3.63, 3.8) is 0 Å². The molecule has 0 atom stereocenters. The Labute approximate surface area is 163 Å². The maximum atomic E-state index is 12.4. The van der Waals surface area contributed by atoms with E-state index in [1.165, 1.54) is 4.90 Å². The highest BCUT2D eigenvalue weighted by Crippen LogP contribution is 2.22. The number of nitrogens with zero attached hydrogens (tertiary/aromatic N) is 2. The van der Waals surface area contributed by atoms with Crippen LogP contribution in [0.2, 0.25) is 10.0 Å². The van der Waals surface area contributed by atoms with E-state index in [1.54, 1.807) is 18.2 Å². The van der Waals surface area contributed by atoms with Gasteiger partial charge in [-0.25, -0.2) is 0 Å². The molecule has 0 radical (unpaired) electrons. The fraction of sp³-hybridized carbons (Fsp3) is 0.263. The monoisotopic (exact) mass is 391 g/mol. The van der Waals surface area contributed by atoms with Crippen molar-refractivity contribution in [3.05, 3.63) is 63.6 Å². The van der Waals surface area contributed by atoms with Crippen molar-refractivity contribution >= 4 is 41.0 Å². The number of piperazine rings is 1. The number of halogens is 2. The SMILES string of the molecule is C[NH+]1CCN(/N=C\c2cccc(NC(=O)c3ccc(Cl)cc3Cl)c2)CC1. The molecule has 0 bridgehead atoms. The van der Waals surface area contributed by atoms with Crippen molar-refractivity contribution in [1.82, 2.24) is 5.01 Å². The highest BCUT2D eigenvalue weighted by atomic mass is 35.5. The molecular formula is C19H21Cl2N4O+. The van der Waals surface area contributed by atoms with Gasteiger partial charge in [0.05, 0.1) is 50.0 Å². The second-order valence-corrected chi connectivity index (χ2v) is 7.20. The summed E-state index contributed by atoms with van der Waals surface area (Å²) in [5.41, 5.74) is 2.00. The molecule has 7 heteroatoms. The van der Waals surface area contributed by atoms with Crippen molar-refractivity contribution in [2.45, 2.75) is 0 Å². The largest absolute Gasteiger partial charge is 0.334 e. The molecule has 136 valence electrons. The first-order valence-electron chi connectivity index (χ1n) is 8.48. The number of benzene rings is 2. The van der Waals surface area contributed by atoms with E-state index in [-0.39, 0.29) is 5.91 Å². The molecule has 1 aliphatic rings. The molecule has 1 amide bonds. The number of likely N-dealkylation sites (N-methyl/N-ethyl adjacent to an activating group) is 1. The number of amides is 1. The van der Waals surface area contributed by atoms with Gasteiger partial charge >= 0.3 is 0 Å². The predicted molar refractivity (Wildman–Crippen MR) is 107 cm³/mol. The third-order valence-electron chi connectivity index (χ3n) is 4.28. The highest BCUT2D eigenvalue weighted by molar-refractivity contribution is 6.37.